The van der Waals surface area contributed by atoms with Crippen molar-refractivity contribution in [1.82, 2.24) is 0 Å². The average Bonchev–Trinajstić information content (AvgIpc) is 2.13. The van der Waals surface area contributed by atoms with Crippen LogP contribution in [0, 0.1) is 13.8 Å². The molecule has 0 fully saturated rings. The van der Waals surface area contributed by atoms with E-state index in [4.69, 9.17) is 21.1 Å². The fourth-order valence-corrected chi connectivity index (χ4v) is 2.01. The van der Waals surface area contributed by atoms with Gasteiger partial charge in [0.25, 0.3) is 0 Å². The van der Waals surface area contributed by atoms with E-state index < -0.39 is 11.8 Å². The first-order valence-electron chi connectivity index (χ1n) is 5.80. The zero-order chi connectivity index (χ0) is 13.9. The molecule has 3 nitrogen and oxygen atoms in total. The van der Waals surface area contributed by atoms with Gasteiger partial charge in [0.15, 0.2) is 0 Å². The maximum Gasteiger partial charge on any atom is 0.514 e. The van der Waals surface area contributed by atoms with Crippen molar-refractivity contribution in [2.24, 2.45) is 0 Å². The fourth-order valence-electron chi connectivity index (χ4n) is 1.59. The molecule has 0 aromatic heterocycles. The van der Waals surface area contributed by atoms with Gasteiger partial charge in [-0.2, -0.15) is 0 Å². The summed E-state index contributed by atoms with van der Waals surface area (Å²) < 4.78 is 10.2. The van der Waals surface area contributed by atoms with Gasteiger partial charge in [-0.05, 0) is 63.4 Å². The normalized spacial score (nSPS) is 11.2. The third-order valence-electron chi connectivity index (χ3n) is 2.39. The maximum atomic E-state index is 11.5. The van der Waals surface area contributed by atoms with Crippen LogP contribution >= 0.6 is 11.6 Å². The highest BCUT2D eigenvalue weighted by molar-refractivity contribution is 6.17. The molecule has 1 aromatic rings. The summed E-state index contributed by atoms with van der Waals surface area (Å²) >= 11 is 5.85. The number of ether oxygens (including phenoxy) is 2. The Morgan fingerprint density at radius 2 is 1.72 bits per heavy atom. The third-order valence-corrected chi connectivity index (χ3v) is 2.66. The van der Waals surface area contributed by atoms with Crippen molar-refractivity contribution < 1.29 is 14.3 Å². The number of rotatable bonds is 2. The molecule has 0 heterocycles. The Kier molecular flexibility index (Phi) is 4.63. The zero-order valence-corrected chi connectivity index (χ0v) is 12.2. The first-order chi connectivity index (χ1) is 8.23. The van der Waals surface area contributed by atoms with Gasteiger partial charge in [-0.1, -0.05) is 0 Å². The molecule has 0 atom stereocenters. The van der Waals surface area contributed by atoms with Crippen LogP contribution in [0.2, 0.25) is 0 Å². The number of aryl methyl sites for hydroxylation is 2. The lowest BCUT2D eigenvalue weighted by Crippen LogP contribution is -2.26. The van der Waals surface area contributed by atoms with E-state index in [1.165, 1.54) is 0 Å². The molecular weight excluding hydrogens is 252 g/mol. The molecule has 0 unspecified atom stereocenters. The van der Waals surface area contributed by atoms with Gasteiger partial charge in [-0.3, -0.25) is 0 Å². The molecule has 0 bridgehead atoms. The number of carbonyl (C=O) groups is 1. The Morgan fingerprint density at radius 3 is 2.11 bits per heavy atom. The standard InChI is InChI=1S/C14H19ClO3/c1-9-6-11(7-10(2)12(9)8-15)17-13(16)18-14(3,4)5/h6-7H,8H2,1-5H3. The van der Waals surface area contributed by atoms with E-state index in [1.807, 2.05) is 13.8 Å². The van der Waals surface area contributed by atoms with E-state index in [2.05, 4.69) is 0 Å². The van der Waals surface area contributed by atoms with Crippen LogP contribution in [0.3, 0.4) is 0 Å². The van der Waals surface area contributed by atoms with Crippen molar-refractivity contribution in [3.63, 3.8) is 0 Å². The molecule has 4 heteroatoms. The molecule has 0 aliphatic rings. The van der Waals surface area contributed by atoms with Gasteiger partial charge in [0.2, 0.25) is 0 Å². The number of alkyl halides is 1. The zero-order valence-electron chi connectivity index (χ0n) is 11.5. The number of benzene rings is 1. The number of hydrogen-bond donors (Lipinski definition) is 0. The van der Waals surface area contributed by atoms with Crippen LogP contribution in [0.25, 0.3) is 0 Å². The fraction of sp³-hybridized carbons (Fsp3) is 0.500. The van der Waals surface area contributed by atoms with Gasteiger partial charge in [0.1, 0.15) is 11.4 Å². The van der Waals surface area contributed by atoms with E-state index in [0.29, 0.717) is 11.6 Å². The second-order valence-electron chi connectivity index (χ2n) is 5.24. The number of hydrogen-bond acceptors (Lipinski definition) is 3. The summed E-state index contributed by atoms with van der Waals surface area (Å²) in [7, 11) is 0. The summed E-state index contributed by atoms with van der Waals surface area (Å²) in [6.45, 7) is 9.25. The van der Waals surface area contributed by atoms with Crippen molar-refractivity contribution in [2.75, 3.05) is 0 Å². The predicted octanol–water partition coefficient (Wildman–Crippen LogP) is 4.36. The summed E-state index contributed by atoms with van der Waals surface area (Å²) in [5.74, 6) is 0.929. The van der Waals surface area contributed by atoms with Gasteiger partial charge in [-0.25, -0.2) is 4.79 Å². The second kappa shape index (κ2) is 5.61. The Morgan fingerprint density at radius 1 is 1.22 bits per heavy atom. The summed E-state index contributed by atoms with van der Waals surface area (Å²) in [6.07, 6.45) is -0.695. The highest BCUT2D eigenvalue weighted by atomic mass is 35.5. The van der Waals surface area contributed by atoms with Gasteiger partial charge < -0.3 is 9.47 Å². The minimum atomic E-state index is -0.695. The maximum absolute atomic E-state index is 11.5. The molecule has 1 rings (SSSR count). The molecule has 0 spiro atoms. The highest BCUT2D eigenvalue weighted by Crippen LogP contribution is 2.24. The molecule has 0 radical (unpaired) electrons. The molecular formula is C14H19ClO3. The molecule has 0 N–H and O–H groups in total. The number of halogens is 1. The molecule has 0 aliphatic heterocycles. The first kappa shape index (κ1) is 14.8. The lowest BCUT2D eigenvalue weighted by Gasteiger charge is -2.19. The van der Waals surface area contributed by atoms with Crippen molar-refractivity contribution in [3.05, 3.63) is 28.8 Å². The second-order valence-corrected chi connectivity index (χ2v) is 5.50. The predicted molar refractivity (Wildman–Crippen MR) is 72.3 cm³/mol. The van der Waals surface area contributed by atoms with E-state index >= 15 is 0 Å². The highest BCUT2D eigenvalue weighted by Gasteiger charge is 2.18. The Bertz CT molecular complexity index is 424. The van der Waals surface area contributed by atoms with E-state index in [1.54, 1.807) is 32.9 Å². The van der Waals surface area contributed by atoms with Crippen LogP contribution in [0.4, 0.5) is 4.79 Å². The van der Waals surface area contributed by atoms with Crippen LogP contribution in [-0.4, -0.2) is 11.8 Å². The van der Waals surface area contributed by atoms with Crippen LogP contribution < -0.4 is 4.74 Å². The lowest BCUT2D eigenvalue weighted by atomic mass is 10.0. The molecule has 0 aliphatic carbocycles. The van der Waals surface area contributed by atoms with Gasteiger partial charge in [0.05, 0.1) is 0 Å². The molecule has 100 valence electrons. The van der Waals surface area contributed by atoms with Crippen molar-refractivity contribution in [1.29, 1.82) is 0 Å². The van der Waals surface area contributed by atoms with Crippen molar-refractivity contribution in [2.45, 2.75) is 46.1 Å². The summed E-state index contributed by atoms with van der Waals surface area (Å²) in [5.41, 5.74) is 2.51. The average molecular weight is 271 g/mol. The topological polar surface area (TPSA) is 35.5 Å². The Hall–Kier alpha value is -1.22. The van der Waals surface area contributed by atoms with Crippen LogP contribution in [0.15, 0.2) is 12.1 Å². The van der Waals surface area contributed by atoms with Crippen LogP contribution in [-0.2, 0) is 10.6 Å². The quantitative estimate of drug-likeness (QED) is 0.455. The largest absolute Gasteiger partial charge is 0.514 e. The van der Waals surface area contributed by atoms with Crippen LogP contribution in [0.5, 0.6) is 5.75 Å². The van der Waals surface area contributed by atoms with E-state index in [0.717, 1.165) is 16.7 Å². The summed E-state index contributed by atoms with van der Waals surface area (Å²) in [4.78, 5) is 11.5. The lowest BCUT2D eigenvalue weighted by molar-refractivity contribution is 0.0206. The molecule has 0 amide bonds. The first-order valence-corrected chi connectivity index (χ1v) is 6.33. The van der Waals surface area contributed by atoms with Crippen molar-refractivity contribution >= 4 is 17.8 Å². The van der Waals surface area contributed by atoms with Gasteiger partial charge in [-0.15, -0.1) is 11.6 Å². The monoisotopic (exact) mass is 270 g/mol. The molecule has 1 aromatic carbocycles. The summed E-state index contributed by atoms with van der Waals surface area (Å²) in [5, 5.41) is 0. The Balaban J connectivity index is 2.83. The minimum absolute atomic E-state index is 0.449. The van der Waals surface area contributed by atoms with Crippen LogP contribution in [0.1, 0.15) is 37.5 Å². The van der Waals surface area contributed by atoms with Crippen molar-refractivity contribution in [3.8, 4) is 5.75 Å². The smallest absolute Gasteiger partial charge is 0.428 e. The van der Waals surface area contributed by atoms with E-state index in [9.17, 15) is 4.79 Å². The molecule has 0 saturated carbocycles. The Labute approximate surface area is 113 Å². The third kappa shape index (κ3) is 4.22. The minimum Gasteiger partial charge on any atom is -0.428 e. The molecule has 18 heavy (non-hydrogen) atoms. The SMILES string of the molecule is Cc1cc(OC(=O)OC(C)(C)C)cc(C)c1CCl. The molecule has 0 saturated heterocycles. The summed E-state index contributed by atoms with van der Waals surface area (Å²) in [6, 6.07) is 3.57. The van der Waals surface area contributed by atoms with Gasteiger partial charge in [0, 0.05) is 5.88 Å². The van der Waals surface area contributed by atoms with E-state index in [-0.39, 0.29) is 0 Å². The number of carbonyl (C=O) groups excluding carboxylic acids is 1. The van der Waals surface area contributed by atoms with Gasteiger partial charge >= 0.3 is 6.16 Å².